The maximum atomic E-state index is 11.7. The molecule has 0 saturated heterocycles. The highest BCUT2D eigenvalue weighted by Gasteiger charge is 2.10. The number of aromatic nitrogens is 2. The molecule has 0 aliphatic carbocycles. The van der Waals surface area contributed by atoms with Gasteiger partial charge in [0.1, 0.15) is 5.02 Å². The minimum absolute atomic E-state index is 0.0293. The van der Waals surface area contributed by atoms with Gasteiger partial charge in [-0.15, -0.1) is 23.2 Å². The van der Waals surface area contributed by atoms with Gasteiger partial charge in [0.05, 0.1) is 17.9 Å². The Balaban J connectivity index is 2.86. The largest absolute Gasteiger partial charge is 0.288 e. The Morgan fingerprint density at radius 2 is 1.82 bits per heavy atom. The van der Waals surface area contributed by atoms with Gasteiger partial charge in [0.2, 0.25) is 0 Å². The molecule has 0 fully saturated rings. The van der Waals surface area contributed by atoms with Crippen molar-refractivity contribution < 1.29 is 0 Å². The van der Waals surface area contributed by atoms with Crippen LogP contribution in [-0.4, -0.2) is 39.5 Å². The second kappa shape index (κ2) is 7.44. The van der Waals surface area contributed by atoms with Gasteiger partial charge >= 0.3 is 0 Å². The molecular formula is C9H11Cl4N3O. The van der Waals surface area contributed by atoms with Crippen LogP contribution >= 0.6 is 46.4 Å². The molecule has 1 rings (SSSR count). The third-order valence-corrected chi connectivity index (χ3v) is 3.16. The van der Waals surface area contributed by atoms with Gasteiger partial charge in [-0.1, -0.05) is 23.2 Å². The third-order valence-electron chi connectivity index (χ3n) is 2.08. The Morgan fingerprint density at radius 3 is 2.35 bits per heavy atom. The van der Waals surface area contributed by atoms with Crippen LogP contribution in [0, 0.1) is 0 Å². The van der Waals surface area contributed by atoms with Crippen molar-refractivity contribution in [2.24, 2.45) is 0 Å². The summed E-state index contributed by atoms with van der Waals surface area (Å²) in [4.78, 5) is 13.6. The predicted molar refractivity (Wildman–Crippen MR) is 71.5 cm³/mol. The number of rotatable bonds is 6. The predicted octanol–water partition coefficient (Wildman–Crippen LogP) is 2.29. The van der Waals surface area contributed by atoms with Gasteiger partial charge in [0.15, 0.2) is 0 Å². The number of nitrogens with zero attached hydrogens (tertiary/aromatic N) is 3. The molecule has 0 N–H and O–H groups in total. The molecule has 96 valence electrons. The number of hydrogen-bond acceptors (Lipinski definition) is 3. The maximum absolute atomic E-state index is 11.7. The SMILES string of the molecule is O=c1c(Cl)c(Cl)cnn1CN(CCCl)CCCl. The highest BCUT2D eigenvalue weighted by molar-refractivity contribution is 6.41. The maximum Gasteiger partial charge on any atom is 0.288 e. The van der Waals surface area contributed by atoms with Gasteiger partial charge in [-0.2, -0.15) is 5.10 Å². The van der Waals surface area contributed by atoms with Crippen LogP contribution in [0.3, 0.4) is 0 Å². The molecule has 17 heavy (non-hydrogen) atoms. The zero-order valence-electron chi connectivity index (χ0n) is 8.87. The second-order valence-corrected chi connectivity index (χ2v) is 4.79. The van der Waals surface area contributed by atoms with Crippen LogP contribution in [0.4, 0.5) is 0 Å². The lowest BCUT2D eigenvalue weighted by atomic mass is 10.5. The topological polar surface area (TPSA) is 38.1 Å². The van der Waals surface area contributed by atoms with E-state index in [1.807, 2.05) is 4.90 Å². The van der Waals surface area contributed by atoms with Gasteiger partial charge in [0, 0.05) is 24.8 Å². The molecule has 1 aromatic rings. The minimum atomic E-state index is -0.423. The van der Waals surface area contributed by atoms with E-state index >= 15 is 0 Å². The fourth-order valence-electron chi connectivity index (χ4n) is 1.23. The van der Waals surface area contributed by atoms with Crippen molar-refractivity contribution in [1.82, 2.24) is 14.7 Å². The van der Waals surface area contributed by atoms with Gasteiger partial charge in [0.25, 0.3) is 5.56 Å². The normalized spacial score (nSPS) is 11.1. The van der Waals surface area contributed by atoms with Crippen molar-refractivity contribution in [3.63, 3.8) is 0 Å². The van der Waals surface area contributed by atoms with Crippen LogP contribution in [0.15, 0.2) is 11.0 Å². The number of halogens is 4. The van der Waals surface area contributed by atoms with Crippen LogP contribution in [-0.2, 0) is 6.67 Å². The monoisotopic (exact) mass is 317 g/mol. The van der Waals surface area contributed by atoms with Crippen molar-refractivity contribution >= 4 is 46.4 Å². The van der Waals surface area contributed by atoms with E-state index in [4.69, 9.17) is 46.4 Å². The summed E-state index contributed by atoms with van der Waals surface area (Å²) in [7, 11) is 0. The summed E-state index contributed by atoms with van der Waals surface area (Å²) < 4.78 is 1.23. The van der Waals surface area contributed by atoms with Crippen LogP contribution in [0.5, 0.6) is 0 Å². The van der Waals surface area contributed by atoms with E-state index in [0.29, 0.717) is 24.8 Å². The van der Waals surface area contributed by atoms with E-state index in [-0.39, 0.29) is 16.7 Å². The van der Waals surface area contributed by atoms with Crippen molar-refractivity contribution in [3.05, 3.63) is 26.6 Å². The van der Waals surface area contributed by atoms with E-state index in [1.165, 1.54) is 10.9 Å². The summed E-state index contributed by atoms with van der Waals surface area (Å²) in [6.07, 6.45) is 1.34. The van der Waals surface area contributed by atoms with Gasteiger partial charge in [-0.3, -0.25) is 9.69 Å². The smallest absolute Gasteiger partial charge is 0.282 e. The highest BCUT2D eigenvalue weighted by atomic mass is 35.5. The summed E-state index contributed by atoms with van der Waals surface area (Å²) >= 11 is 22.7. The molecule has 1 heterocycles. The summed E-state index contributed by atoms with van der Waals surface area (Å²) in [6.45, 7) is 1.51. The molecule has 0 aromatic carbocycles. The first-order chi connectivity index (χ1) is 8.10. The fourth-order valence-corrected chi connectivity index (χ4v) is 1.98. The summed E-state index contributed by atoms with van der Waals surface area (Å²) in [6, 6.07) is 0. The zero-order chi connectivity index (χ0) is 12.8. The molecule has 0 saturated carbocycles. The molecule has 0 aliphatic heterocycles. The lowest BCUT2D eigenvalue weighted by Gasteiger charge is -2.20. The Hall–Kier alpha value is -0.000000000000000111. The van der Waals surface area contributed by atoms with E-state index in [0.717, 1.165) is 0 Å². The Morgan fingerprint density at radius 1 is 1.24 bits per heavy atom. The second-order valence-electron chi connectivity index (χ2n) is 3.25. The summed E-state index contributed by atoms with van der Waals surface area (Å²) in [5.41, 5.74) is -0.423. The molecule has 4 nitrogen and oxygen atoms in total. The summed E-state index contributed by atoms with van der Waals surface area (Å²) in [5.74, 6) is 0.903. The van der Waals surface area contributed by atoms with E-state index in [2.05, 4.69) is 5.10 Å². The van der Waals surface area contributed by atoms with Crippen LogP contribution in [0.25, 0.3) is 0 Å². The first-order valence-electron chi connectivity index (χ1n) is 4.85. The first kappa shape index (κ1) is 15.1. The first-order valence-corrected chi connectivity index (χ1v) is 6.68. The lowest BCUT2D eigenvalue weighted by molar-refractivity contribution is 0.226. The van der Waals surface area contributed by atoms with Gasteiger partial charge in [-0.25, -0.2) is 4.68 Å². The van der Waals surface area contributed by atoms with Crippen molar-refractivity contribution in [2.75, 3.05) is 24.8 Å². The molecule has 0 spiro atoms. The van der Waals surface area contributed by atoms with Crippen LogP contribution in [0.2, 0.25) is 10.0 Å². The Labute approximate surface area is 119 Å². The van der Waals surface area contributed by atoms with Crippen molar-refractivity contribution in [3.8, 4) is 0 Å². The number of hydrogen-bond donors (Lipinski definition) is 0. The molecule has 0 unspecified atom stereocenters. The average Bonchev–Trinajstić information content (AvgIpc) is 2.30. The van der Waals surface area contributed by atoms with Gasteiger partial charge < -0.3 is 0 Å². The third kappa shape index (κ3) is 4.30. The van der Waals surface area contributed by atoms with Crippen molar-refractivity contribution in [1.29, 1.82) is 0 Å². The zero-order valence-corrected chi connectivity index (χ0v) is 11.9. The molecule has 0 atom stereocenters. The fraction of sp³-hybridized carbons (Fsp3) is 0.556. The summed E-state index contributed by atoms with van der Waals surface area (Å²) in [5, 5.41) is 4.02. The van der Waals surface area contributed by atoms with Crippen LogP contribution in [0.1, 0.15) is 0 Å². The highest BCUT2D eigenvalue weighted by Crippen LogP contribution is 2.14. The standard InChI is InChI=1S/C9H11Cl4N3O/c10-1-3-15(4-2-11)6-16-9(17)8(13)7(12)5-14-16/h5H,1-4,6H2. The Kier molecular flexibility index (Phi) is 6.59. The molecule has 0 bridgehead atoms. The van der Waals surface area contributed by atoms with E-state index in [1.54, 1.807) is 0 Å². The average molecular weight is 319 g/mol. The quantitative estimate of drug-likeness (QED) is 0.755. The molecule has 1 aromatic heterocycles. The number of alkyl halides is 2. The van der Waals surface area contributed by atoms with Crippen LogP contribution < -0.4 is 5.56 Å². The van der Waals surface area contributed by atoms with E-state index in [9.17, 15) is 4.79 Å². The molecule has 0 amide bonds. The lowest BCUT2D eigenvalue weighted by Crippen LogP contribution is -2.36. The molecule has 0 aliphatic rings. The molecular weight excluding hydrogens is 308 g/mol. The van der Waals surface area contributed by atoms with Gasteiger partial charge in [-0.05, 0) is 0 Å². The van der Waals surface area contributed by atoms with E-state index < -0.39 is 5.56 Å². The van der Waals surface area contributed by atoms with Crippen molar-refractivity contribution in [2.45, 2.75) is 6.67 Å². The molecule has 0 radical (unpaired) electrons. The molecule has 8 heteroatoms. The minimum Gasteiger partial charge on any atom is -0.282 e. The Bertz CT molecular complexity index is 417.